The zero-order valence-corrected chi connectivity index (χ0v) is 17.7. The maximum atomic E-state index is 12.5. The average molecular weight is 423 g/mol. The van der Waals surface area contributed by atoms with Gasteiger partial charge in [0.05, 0.1) is 16.6 Å². The van der Waals surface area contributed by atoms with E-state index in [-0.39, 0.29) is 12.2 Å². The molecule has 1 unspecified atom stereocenters. The van der Waals surface area contributed by atoms with E-state index < -0.39 is 12.1 Å². The van der Waals surface area contributed by atoms with Crippen LogP contribution in [0.3, 0.4) is 0 Å². The molecule has 2 aromatic carbocycles. The van der Waals surface area contributed by atoms with Gasteiger partial charge in [-0.1, -0.05) is 31.1 Å². The van der Waals surface area contributed by atoms with Crippen LogP contribution in [0, 0.1) is 0 Å². The van der Waals surface area contributed by atoms with Gasteiger partial charge in [0.25, 0.3) is 5.56 Å². The van der Waals surface area contributed by atoms with Crippen molar-refractivity contribution < 1.29 is 19.5 Å². The summed E-state index contributed by atoms with van der Waals surface area (Å²) in [7, 11) is 1.66. The highest BCUT2D eigenvalue weighted by molar-refractivity contribution is 6.00. The number of carbonyl (C=O) groups is 1. The number of aliphatic carboxylic acids is 1. The molecule has 3 aromatic rings. The van der Waals surface area contributed by atoms with Crippen LogP contribution >= 0.6 is 0 Å². The molecule has 0 saturated carbocycles. The molecule has 0 radical (unpaired) electrons. The number of para-hydroxylation sites is 1. The van der Waals surface area contributed by atoms with Gasteiger partial charge in [-0.25, -0.2) is 9.78 Å². The number of rotatable bonds is 9. The fourth-order valence-electron chi connectivity index (χ4n) is 3.08. The highest BCUT2D eigenvalue weighted by atomic mass is 16.6. The van der Waals surface area contributed by atoms with E-state index in [1.807, 2.05) is 13.0 Å². The van der Waals surface area contributed by atoms with Crippen LogP contribution in [0.1, 0.15) is 38.1 Å². The highest BCUT2D eigenvalue weighted by Crippen LogP contribution is 2.17. The van der Waals surface area contributed by atoms with Crippen LogP contribution in [-0.2, 0) is 23.3 Å². The molecule has 31 heavy (non-hydrogen) atoms. The van der Waals surface area contributed by atoms with Gasteiger partial charge in [0.15, 0.2) is 18.5 Å². The molecule has 1 aromatic heterocycles. The Morgan fingerprint density at radius 1 is 1.16 bits per heavy atom. The minimum Gasteiger partial charge on any atom is -0.479 e. The third kappa shape index (κ3) is 5.09. The summed E-state index contributed by atoms with van der Waals surface area (Å²) in [6.45, 7) is 3.76. The van der Waals surface area contributed by atoms with Crippen molar-refractivity contribution in [3.8, 4) is 5.75 Å². The predicted molar refractivity (Wildman–Crippen MR) is 117 cm³/mol. The smallest absolute Gasteiger partial charge is 0.344 e. The van der Waals surface area contributed by atoms with Gasteiger partial charge in [-0.05, 0) is 54.8 Å². The Balaban J connectivity index is 1.73. The Morgan fingerprint density at radius 2 is 1.87 bits per heavy atom. The Bertz CT molecular complexity index is 1150. The van der Waals surface area contributed by atoms with Crippen LogP contribution in [0.25, 0.3) is 10.9 Å². The summed E-state index contributed by atoms with van der Waals surface area (Å²) >= 11 is 0. The van der Waals surface area contributed by atoms with Crippen LogP contribution in [-0.4, -0.2) is 32.4 Å². The number of oxime groups is 1. The molecule has 1 N–H and O–H groups in total. The second-order valence-corrected chi connectivity index (χ2v) is 6.95. The molecular weight excluding hydrogens is 398 g/mol. The number of hydrogen-bond donors (Lipinski definition) is 1. The highest BCUT2D eigenvalue weighted by Gasteiger charge is 2.16. The third-order valence-electron chi connectivity index (χ3n) is 4.89. The van der Waals surface area contributed by atoms with Crippen LogP contribution in [0.2, 0.25) is 0 Å². The van der Waals surface area contributed by atoms with Gasteiger partial charge in [0.2, 0.25) is 0 Å². The number of hydrogen-bond acceptors (Lipinski definition) is 6. The lowest BCUT2D eigenvalue weighted by atomic mass is 10.1. The molecule has 0 aliphatic rings. The van der Waals surface area contributed by atoms with E-state index in [1.54, 1.807) is 56.4 Å². The normalized spacial score (nSPS) is 12.5. The molecule has 162 valence electrons. The topological polar surface area (TPSA) is 103 Å². The summed E-state index contributed by atoms with van der Waals surface area (Å²) in [5.74, 6) is -0.0387. The van der Waals surface area contributed by atoms with E-state index in [1.165, 1.54) is 4.57 Å². The number of nitrogens with zero attached hydrogens (tertiary/aromatic N) is 3. The Kier molecular flexibility index (Phi) is 7.02. The molecule has 8 heteroatoms. The van der Waals surface area contributed by atoms with E-state index in [2.05, 4.69) is 10.1 Å². The fourth-order valence-corrected chi connectivity index (χ4v) is 3.08. The summed E-state index contributed by atoms with van der Waals surface area (Å²) in [4.78, 5) is 33.6. The first-order valence-corrected chi connectivity index (χ1v) is 10.1. The molecule has 0 spiro atoms. The molecular formula is C23H25N3O5. The summed E-state index contributed by atoms with van der Waals surface area (Å²) < 4.78 is 6.94. The second kappa shape index (κ2) is 9.88. The molecule has 3 rings (SSSR count). The quantitative estimate of drug-likeness (QED) is 0.417. The number of carboxylic acids is 1. The second-order valence-electron chi connectivity index (χ2n) is 6.95. The van der Waals surface area contributed by atoms with Crippen LogP contribution in [0.15, 0.2) is 58.5 Å². The summed E-state index contributed by atoms with van der Waals surface area (Å²) in [6, 6.07) is 14.2. The van der Waals surface area contributed by atoms with Gasteiger partial charge in [-0.3, -0.25) is 9.36 Å². The molecule has 0 bridgehead atoms. The lowest BCUT2D eigenvalue weighted by molar-refractivity contribution is -0.145. The molecule has 0 aliphatic carbocycles. The van der Waals surface area contributed by atoms with Gasteiger partial charge in [0, 0.05) is 7.05 Å². The van der Waals surface area contributed by atoms with Crippen molar-refractivity contribution in [2.24, 2.45) is 12.2 Å². The first kappa shape index (κ1) is 22.0. The van der Waals surface area contributed by atoms with Gasteiger partial charge in [0.1, 0.15) is 5.75 Å². The molecule has 1 heterocycles. The zero-order chi connectivity index (χ0) is 22.4. The number of fused-ring (bicyclic) bond motifs is 1. The first-order valence-electron chi connectivity index (χ1n) is 10.1. The number of carboxylic acid groups (broad SMARTS) is 1. The average Bonchev–Trinajstić information content (AvgIpc) is 2.78. The maximum absolute atomic E-state index is 12.5. The first-order chi connectivity index (χ1) is 14.9. The van der Waals surface area contributed by atoms with Crippen LogP contribution in [0.5, 0.6) is 5.75 Å². The minimum absolute atomic E-state index is 0.0536. The van der Waals surface area contributed by atoms with Crippen molar-refractivity contribution in [3.63, 3.8) is 0 Å². The Hall–Kier alpha value is -3.68. The van der Waals surface area contributed by atoms with Crippen molar-refractivity contribution in [2.75, 3.05) is 0 Å². The van der Waals surface area contributed by atoms with Crippen LogP contribution in [0.4, 0.5) is 0 Å². The number of ether oxygens (including phenoxy) is 1. The van der Waals surface area contributed by atoms with Crippen molar-refractivity contribution in [1.82, 2.24) is 9.55 Å². The maximum Gasteiger partial charge on any atom is 0.344 e. The van der Waals surface area contributed by atoms with Gasteiger partial charge in [-0.2, -0.15) is 0 Å². The van der Waals surface area contributed by atoms with E-state index in [0.29, 0.717) is 41.0 Å². The molecule has 1 atom stereocenters. The third-order valence-corrected chi connectivity index (χ3v) is 4.89. The van der Waals surface area contributed by atoms with E-state index in [9.17, 15) is 9.59 Å². The monoisotopic (exact) mass is 423 g/mol. The van der Waals surface area contributed by atoms with Crippen molar-refractivity contribution in [2.45, 2.75) is 39.4 Å². The Labute approximate surface area is 179 Å². The lowest BCUT2D eigenvalue weighted by Gasteiger charge is -2.13. The van der Waals surface area contributed by atoms with E-state index in [4.69, 9.17) is 14.7 Å². The minimum atomic E-state index is -0.993. The SMILES string of the molecule is CC/C(=N/OCc1nc2ccccc2c(=O)n1C)c1ccc(OC(CC)C(=O)O)cc1. The molecule has 0 fully saturated rings. The standard InChI is InChI=1S/C23H25N3O5/c1-4-18(15-10-12-16(13-11-15)31-20(5-2)23(28)29)25-30-14-21-24-19-9-7-6-8-17(19)22(27)26(21)3/h6-13,20H,4-5,14H2,1-3H3,(H,28,29)/b25-18-. The van der Waals surface area contributed by atoms with E-state index >= 15 is 0 Å². The van der Waals surface area contributed by atoms with E-state index in [0.717, 1.165) is 5.56 Å². The summed E-state index contributed by atoms with van der Waals surface area (Å²) in [6.07, 6.45) is 0.115. The van der Waals surface area contributed by atoms with Crippen LogP contribution < -0.4 is 10.3 Å². The largest absolute Gasteiger partial charge is 0.479 e. The molecule has 0 saturated heterocycles. The fraction of sp³-hybridized carbons (Fsp3) is 0.304. The van der Waals surface area contributed by atoms with Gasteiger partial charge < -0.3 is 14.7 Å². The van der Waals surface area contributed by atoms with Crippen molar-refractivity contribution in [1.29, 1.82) is 0 Å². The summed E-state index contributed by atoms with van der Waals surface area (Å²) in [5.41, 5.74) is 2.03. The molecule has 0 amide bonds. The van der Waals surface area contributed by atoms with Crippen molar-refractivity contribution >= 4 is 22.6 Å². The number of aromatic nitrogens is 2. The van der Waals surface area contributed by atoms with Gasteiger partial charge >= 0.3 is 5.97 Å². The lowest BCUT2D eigenvalue weighted by Crippen LogP contribution is -2.25. The number of benzene rings is 2. The predicted octanol–water partition coefficient (Wildman–Crippen LogP) is 3.51. The summed E-state index contributed by atoms with van der Waals surface area (Å²) in [5, 5.41) is 13.9. The van der Waals surface area contributed by atoms with Crippen molar-refractivity contribution in [3.05, 3.63) is 70.3 Å². The Morgan fingerprint density at radius 3 is 2.52 bits per heavy atom. The molecule has 0 aliphatic heterocycles. The van der Waals surface area contributed by atoms with Gasteiger partial charge in [-0.15, -0.1) is 0 Å². The zero-order valence-electron chi connectivity index (χ0n) is 17.7. The molecule has 8 nitrogen and oxygen atoms in total.